The number of aliphatic imine (C=N–C) groups is 1. The van der Waals surface area contributed by atoms with Gasteiger partial charge in [-0.2, -0.15) is 0 Å². The number of aryl methyl sites for hydroxylation is 2. The number of aliphatic carboxylic acids is 1. The third-order valence-electron chi connectivity index (χ3n) is 4.27. The molecule has 0 radical (unpaired) electrons. The average Bonchev–Trinajstić information content (AvgIpc) is 2.65. The Bertz CT molecular complexity index is 1010. The Labute approximate surface area is 163 Å². The Morgan fingerprint density at radius 3 is 2.29 bits per heavy atom. The average molecular weight is 375 g/mol. The predicted molar refractivity (Wildman–Crippen MR) is 110 cm³/mol. The Morgan fingerprint density at radius 2 is 1.71 bits per heavy atom. The molecule has 3 rings (SSSR count). The van der Waals surface area contributed by atoms with E-state index >= 15 is 0 Å². The highest BCUT2D eigenvalue weighted by molar-refractivity contribution is 6.41. The molecule has 0 fully saturated rings. The van der Waals surface area contributed by atoms with Gasteiger partial charge in [0.15, 0.2) is 5.71 Å². The molecule has 2 aromatic rings. The normalized spacial score (nSPS) is 15.1. The van der Waals surface area contributed by atoms with Crippen LogP contribution in [0.25, 0.3) is 5.57 Å². The topological polar surface area (TPSA) is 94.8 Å². The van der Waals surface area contributed by atoms with Crippen LogP contribution in [0.15, 0.2) is 71.3 Å². The lowest BCUT2D eigenvalue weighted by Gasteiger charge is -2.21. The molecular weight excluding hydrogens is 354 g/mol. The second kappa shape index (κ2) is 7.92. The summed E-state index contributed by atoms with van der Waals surface area (Å²) in [5.41, 5.74) is 3.45. The van der Waals surface area contributed by atoms with Crippen LogP contribution in [0, 0.1) is 19.3 Å². The van der Waals surface area contributed by atoms with Gasteiger partial charge in [0.2, 0.25) is 5.88 Å². The molecule has 0 aliphatic carbocycles. The molecule has 0 aromatic heterocycles. The zero-order valence-corrected chi connectivity index (χ0v) is 15.9. The Balaban J connectivity index is 2.14. The summed E-state index contributed by atoms with van der Waals surface area (Å²) >= 11 is 0. The number of nitrogens with one attached hydrogen (secondary N) is 2. The standard InChI is InChI=1S/C22H21N3O3/c1-13-8-7-9-14(2)19(13)20(15(3)23)21-24-17(22(26)27)12-18(25-21)28-16-10-5-4-6-11-16/h4-12,23,25H,1-3H3,(H,26,27)/b21-20+,23-15?. The number of hydrogen-bond donors (Lipinski definition) is 3. The first-order valence-electron chi connectivity index (χ1n) is 8.77. The molecule has 1 aliphatic heterocycles. The van der Waals surface area contributed by atoms with E-state index in [0.29, 0.717) is 11.3 Å². The first-order valence-corrected chi connectivity index (χ1v) is 8.77. The summed E-state index contributed by atoms with van der Waals surface area (Å²) in [4.78, 5) is 15.9. The summed E-state index contributed by atoms with van der Waals surface area (Å²) in [6.07, 6.45) is 1.33. The van der Waals surface area contributed by atoms with Crippen molar-refractivity contribution in [3.05, 3.63) is 83.0 Å². The third kappa shape index (κ3) is 4.01. The number of para-hydroxylation sites is 1. The van der Waals surface area contributed by atoms with Gasteiger partial charge in [0, 0.05) is 17.4 Å². The molecule has 6 heteroatoms. The Morgan fingerprint density at radius 1 is 1.07 bits per heavy atom. The maximum Gasteiger partial charge on any atom is 0.354 e. The van der Waals surface area contributed by atoms with Crippen molar-refractivity contribution in [1.29, 1.82) is 5.41 Å². The summed E-state index contributed by atoms with van der Waals surface area (Å²) in [5.74, 6) is -0.0987. The number of carboxylic acids is 1. The number of ether oxygens (including phenoxy) is 1. The lowest BCUT2D eigenvalue weighted by atomic mass is 9.92. The van der Waals surface area contributed by atoms with Gasteiger partial charge < -0.3 is 20.6 Å². The highest BCUT2D eigenvalue weighted by atomic mass is 16.5. The molecule has 0 atom stereocenters. The third-order valence-corrected chi connectivity index (χ3v) is 4.27. The number of benzene rings is 2. The SMILES string of the molecule is CC(=N)/C(=C1/N=C(C(=O)O)C=C(Oc2ccccc2)N1)c1c(C)cccc1C. The summed E-state index contributed by atoms with van der Waals surface area (Å²) in [7, 11) is 0. The highest BCUT2D eigenvalue weighted by Crippen LogP contribution is 2.28. The largest absolute Gasteiger partial charge is 0.477 e. The van der Waals surface area contributed by atoms with E-state index in [2.05, 4.69) is 10.3 Å². The van der Waals surface area contributed by atoms with Crippen LogP contribution in [-0.4, -0.2) is 22.5 Å². The molecule has 0 saturated heterocycles. The van der Waals surface area contributed by atoms with Crippen molar-refractivity contribution in [1.82, 2.24) is 5.32 Å². The second-order valence-electron chi connectivity index (χ2n) is 6.47. The zero-order chi connectivity index (χ0) is 20.3. The van der Waals surface area contributed by atoms with Crippen molar-refractivity contribution in [3.8, 4) is 5.75 Å². The fourth-order valence-corrected chi connectivity index (χ4v) is 3.05. The van der Waals surface area contributed by atoms with Gasteiger partial charge in [0.05, 0.1) is 0 Å². The van der Waals surface area contributed by atoms with Crippen molar-refractivity contribution in [2.75, 3.05) is 0 Å². The van der Waals surface area contributed by atoms with Crippen LogP contribution >= 0.6 is 0 Å². The van der Waals surface area contributed by atoms with Gasteiger partial charge in [0.1, 0.15) is 11.6 Å². The van der Waals surface area contributed by atoms with E-state index in [1.807, 2.05) is 50.2 Å². The van der Waals surface area contributed by atoms with Gasteiger partial charge >= 0.3 is 5.97 Å². The first kappa shape index (κ1) is 19.1. The van der Waals surface area contributed by atoms with Gasteiger partial charge in [-0.3, -0.25) is 0 Å². The molecule has 2 aromatic carbocycles. The van der Waals surface area contributed by atoms with Gasteiger partial charge in [-0.25, -0.2) is 9.79 Å². The van der Waals surface area contributed by atoms with Crippen LogP contribution in [-0.2, 0) is 4.79 Å². The minimum absolute atomic E-state index is 0.162. The van der Waals surface area contributed by atoms with Gasteiger partial charge in [-0.05, 0) is 49.6 Å². The van der Waals surface area contributed by atoms with Crippen LogP contribution in [0.4, 0.5) is 0 Å². The van der Waals surface area contributed by atoms with Crippen LogP contribution < -0.4 is 10.1 Å². The van der Waals surface area contributed by atoms with Gasteiger partial charge in [-0.1, -0.05) is 36.4 Å². The predicted octanol–water partition coefficient (Wildman–Crippen LogP) is 4.06. The van der Waals surface area contributed by atoms with Crippen LogP contribution in [0.3, 0.4) is 0 Å². The molecule has 3 N–H and O–H groups in total. The smallest absolute Gasteiger partial charge is 0.354 e. The molecular formula is C22H21N3O3. The molecule has 1 aliphatic rings. The first-order chi connectivity index (χ1) is 13.4. The van der Waals surface area contributed by atoms with Gasteiger partial charge in [0.25, 0.3) is 0 Å². The Hall–Kier alpha value is -3.67. The van der Waals surface area contributed by atoms with Crippen molar-refractivity contribution in [3.63, 3.8) is 0 Å². The van der Waals surface area contributed by atoms with E-state index in [9.17, 15) is 9.90 Å². The lowest BCUT2D eigenvalue weighted by molar-refractivity contribution is -0.129. The van der Waals surface area contributed by atoms with Crippen molar-refractivity contribution in [2.45, 2.75) is 20.8 Å². The maximum absolute atomic E-state index is 11.6. The fourth-order valence-electron chi connectivity index (χ4n) is 3.05. The fraction of sp³-hybridized carbons (Fsp3) is 0.136. The zero-order valence-electron chi connectivity index (χ0n) is 15.9. The molecule has 142 valence electrons. The molecule has 0 bridgehead atoms. The van der Waals surface area contributed by atoms with E-state index in [0.717, 1.165) is 16.7 Å². The summed E-state index contributed by atoms with van der Waals surface area (Å²) < 4.78 is 5.79. The van der Waals surface area contributed by atoms with Gasteiger partial charge in [-0.15, -0.1) is 0 Å². The number of rotatable bonds is 5. The van der Waals surface area contributed by atoms with E-state index < -0.39 is 5.97 Å². The molecule has 28 heavy (non-hydrogen) atoms. The van der Waals surface area contributed by atoms with Crippen LogP contribution in [0.1, 0.15) is 23.6 Å². The summed E-state index contributed by atoms with van der Waals surface area (Å²) in [6, 6.07) is 14.9. The van der Waals surface area contributed by atoms with Crippen molar-refractivity contribution < 1.29 is 14.6 Å². The monoisotopic (exact) mass is 375 g/mol. The molecule has 6 nitrogen and oxygen atoms in total. The van der Waals surface area contributed by atoms with E-state index in [1.165, 1.54) is 6.08 Å². The number of nitrogens with zero attached hydrogens (tertiary/aromatic N) is 1. The summed E-state index contributed by atoms with van der Waals surface area (Å²) in [5, 5.41) is 20.9. The number of allylic oxidation sites excluding steroid dienone is 1. The quantitative estimate of drug-likeness (QED) is 0.687. The van der Waals surface area contributed by atoms with Crippen LogP contribution in [0.2, 0.25) is 0 Å². The maximum atomic E-state index is 11.6. The van der Waals surface area contributed by atoms with Crippen molar-refractivity contribution >= 4 is 23.0 Å². The number of hydrogen-bond acceptors (Lipinski definition) is 5. The number of carbonyl (C=O) groups is 1. The highest BCUT2D eigenvalue weighted by Gasteiger charge is 2.23. The van der Waals surface area contributed by atoms with Crippen molar-refractivity contribution in [2.24, 2.45) is 4.99 Å². The summed E-state index contributed by atoms with van der Waals surface area (Å²) in [6.45, 7) is 5.56. The van der Waals surface area contributed by atoms with E-state index in [1.54, 1.807) is 19.1 Å². The lowest BCUT2D eigenvalue weighted by Crippen LogP contribution is -2.28. The second-order valence-corrected chi connectivity index (χ2v) is 6.47. The van der Waals surface area contributed by atoms with E-state index in [4.69, 9.17) is 10.1 Å². The molecule has 1 heterocycles. The molecule has 0 saturated carbocycles. The number of carboxylic acid groups (broad SMARTS) is 1. The Kier molecular flexibility index (Phi) is 5.40. The minimum Gasteiger partial charge on any atom is -0.477 e. The van der Waals surface area contributed by atoms with Crippen LogP contribution in [0.5, 0.6) is 5.75 Å². The molecule has 0 amide bonds. The molecule has 0 unspecified atom stereocenters. The minimum atomic E-state index is -1.17. The molecule has 0 spiro atoms. The van der Waals surface area contributed by atoms with E-state index in [-0.39, 0.29) is 23.1 Å².